The van der Waals surface area contributed by atoms with Gasteiger partial charge in [-0.3, -0.25) is 19.5 Å². The number of non-ortho nitro benzene ring substituents is 1. The quantitative estimate of drug-likeness (QED) is 0.119. The lowest BCUT2D eigenvalue weighted by molar-refractivity contribution is -0.384. The summed E-state index contributed by atoms with van der Waals surface area (Å²) in [7, 11) is 3.08. The van der Waals surface area contributed by atoms with Crippen molar-refractivity contribution in [2.45, 2.75) is 39.3 Å². The van der Waals surface area contributed by atoms with Gasteiger partial charge in [-0.1, -0.05) is 36.8 Å². The molecule has 0 spiro atoms. The number of allylic oxidation sites excluding steroid dienone is 1. The zero-order chi connectivity index (χ0) is 32.8. The molecule has 11 nitrogen and oxygen atoms in total. The van der Waals surface area contributed by atoms with Crippen molar-refractivity contribution >= 4 is 29.1 Å². The number of methoxy groups -OCH3 is 2. The molecule has 3 aromatic carbocycles. The fraction of sp³-hybridized carbons (Fsp3) is 0.265. The summed E-state index contributed by atoms with van der Waals surface area (Å²) in [6.45, 7) is 4.11. The number of carbonyl (C=O) groups excluding carboxylic acids is 1. The Morgan fingerprint density at radius 1 is 1.04 bits per heavy atom. The average molecular weight is 644 g/mol. The number of esters is 1. The molecule has 0 radical (unpaired) electrons. The Kier molecular flexibility index (Phi) is 9.97. The Morgan fingerprint density at radius 3 is 2.50 bits per heavy atom. The van der Waals surface area contributed by atoms with E-state index >= 15 is 0 Å². The van der Waals surface area contributed by atoms with Crippen LogP contribution in [0.25, 0.3) is 6.08 Å². The molecule has 1 aliphatic heterocycles. The maximum Gasteiger partial charge on any atom is 0.338 e. The molecule has 0 N–H and O–H groups in total. The second-order valence-electron chi connectivity index (χ2n) is 10.3. The van der Waals surface area contributed by atoms with E-state index in [1.807, 2.05) is 19.1 Å². The predicted octanol–water partition coefficient (Wildman–Crippen LogP) is 5.08. The molecule has 238 valence electrons. The highest BCUT2D eigenvalue weighted by atomic mass is 32.1. The van der Waals surface area contributed by atoms with Crippen molar-refractivity contribution in [1.82, 2.24) is 4.57 Å². The van der Waals surface area contributed by atoms with Crippen LogP contribution in [0.3, 0.4) is 0 Å². The third kappa shape index (κ3) is 6.71. The highest BCUT2D eigenvalue weighted by Crippen LogP contribution is 2.38. The number of nitrogens with zero attached hydrogens (tertiary/aromatic N) is 3. The Bertz CT molecular complexity index is 1980. The van der Waals surface area contributed by atoms with Crippen LogP contribution in [0.5, 0.6) is 17.2 Å². The van der Waals surface area contributed by atoms with E-state index in [1.165, 1.54) is 35.1 Å². The molecule has 12 heteroatoms. The van der Waals surface area contributed by atoms with Gasteiger partial charge in [-0.15, -0.1) is 0 Å². The van der Waals surface area contributed by atoms with Gasteiger partial charge in [0.05, 0.1) is 41.6 Å². The summed E-state index contributed by atoms with van der Waals surface area (Å²) < 4.78 is 24.6. The first-order valence-electron chi connectivity index (χ1n) is 14.7. The smallest absolute Gasteiger partial charge is 0.338 e. The second kappa shape index (κ2) is 14.2. The summed E-state index contributed by atoms with van der Waals surface area (Å²) in [6.07, 6.45) is 3.00. The first-order valence-corrected chi connectivity index (χ1v) is 15.5. The van der Waals surface area contributed by atoms with Crippen molar-refractivity contribution < 1.29 is 28.7 Å². The Morgan fingerprint density at radius 2 is 1.83 bits per heavy atom. The molecule has 1 atom stereocenters. The summed E-state index contributed by atoms with van der Waals surface area (Å²) in [5.74, 6) is 1.05. The van der Waals surface area contributed by atoms with Crippen LogP contribution >= 0.6 is 11.3 Å². The Balaban J connectivity index is 1.59. The molecule has 0 aliphatic carbocycles. The maximum absolute atomic E-state index is 14.2. The lowest BCUT2D eigenvalue weighted by Gasteiger charge is -2.27. The van der Waals surface area contributed by atoms with Crippen LogP contribution in [-0.4, -0.2) is 36.3 Å². The van der Waals surface area contributed by atoms with Crippen LogP contribution in [0.15, 0.2) is 87.8 Å². The number of hydrogen-bond acceptors (Lipinski definition) is 10. The molecular formula is C34H33N3O8S. The van der Waals surface area contributed by atoms with Gasteiger partial charge in [-0.05, 0) is 73.0 Å². The number of benzene rings is 3. The minimum Gasteiger partial charge on any atom is -0.497 e. The SMILES string of the molecule is CCCC1=C(C(=O)OCC)[C@H](c2cc(OC)ccc2OC)n2c(s/c(=C\c3cccc(OCc4ccc([N+](=O)[O-])cc4)c3)c2=O)=N1. The van der Waals surface area contributed by atoms with Gasteiger partial charge in [0, 0.05) is 17.7 Å². The van der Waals surface area contributed by atoms with Gasteiger partial charge in [-0.2, -0.15) is 0 Å². The predicted molar refractivity (Wildman–Crippen MR) is 173 cm³/mol. The van der Waals surface area contributed by atoms with Crippen LogP contribution in [0, 0.1) is 10.1 Å². The number of thiazole rings is 1. The maximum atomic E-state index is 14.2. The van der Waals surface area contributed by atoms with Crippen molar-refractivity contribution in [2.75, 3.05) is 20.8 Å². The average Bonchev–Trinajstić information content (AvgIpc) is 3.37. The lowest BCUT2D eigenvalue weighted by Crippen LogP contribution is -2.40. The highest BCUT2D eigenvalue weighted by Gasteiger charge is 2.36. The minimum absolute atomic E-state index is 0.00971. The fourth-order valence-corrected chi connectivity index (χ4v) is 6.21. The van der Waals surface area contributed by atoms with Crippen LogP contribution in [0.1, 0.15) is 49.4 Å². The monoisotopic (exact) mass is 643 g/mol. The van der Waals surface area contributed by atoms with E-state index in [0.717, 1.165) is 17.5 Å². The molecule has 4 aromatic rings. The Labute approximate surface area is 268 Å². The lowest BCUT2D eigenvalue weighted by atomic mass is 9.93. The molecule has 1 aromatic heterocycles. The summed E-state index contributed by atoms with van der Waals surface area (Å²) in [5, 5.41) is 10.9. The number of rotatable bonds is 12. The van der Waals surface area contributed by atoms with Crippen LogP contribution < -0.4 is 29.1 Å². The number of nitro groups is 1. The molecule has 0 amide bonds. The van der Waals surface area contributed by atoms with Crippen LogP contribution in [-0.2, 0) is 16.1 Å². The van der Waals surface area contributed by atoms with E-state index in [0.29, 0.717) is 44.3 Å². The normalized spacial score (nSPS) is 14.3. The zero-order valence-electron chi connectivity index (χ0n) is 25.8. The molecule has 1 aliphatic rings. The number of hydrogen-bond donors (Lipinski definition) is 0. The van der Waals surface area contributed by atoms with Crippen LogP contribution in [0.4, 0.5) is 5.69 Å². The first kappa shape index (κ1) is 32.2. The number of aromatic nitrogens is 1. The number of ether oxygens (including phenoxy) is 4. The first-order chi connectivity index (χ1) is 22.3. The molecule has 2 heterocycles. The van der Waals surface area contributed by atoms with Gasteiger partial charge in [0.1, 0.15) is 29.9 Å². The molecule has 5 rings (SSSR count). The molecule has 46 heavy (non-hydrogen) atoms. The van der Waals surface area contributed by atoms with E-state index < -0.39 is 16.9 Å². The van der Waals surface area contributed by atoms with Crippen molar-refractivity contribution in [3.8, 4) is 17.2 Å². The van der Waals surface area contributed by atoms with Gasteiger partial charge >= 0.3 is 5.97 Å². The third-order valence-electron chi connectivity index (χ3n) is 7.33. The third-order valence-corrected chi connectivity index (χ3v) is 8.32. The van der Waals surface area contributed by atoms with E-state index in [2.05, 4.69) is 0 Å². The molecule has 0 fully saturated rings. The van der Waals surface area contributed by atoms with Gasteiger partial charge in [0.25, 0.3) is 11.2 Å². The number of carbonyl (C=O) groups is 1. The Hall–Kier alpha value is -5.23. The van der Waals surface area contributed by atoms with E-state index in [-0.39, 0.29) is 30.0 Å². The summed E-state index contributed by atoms with van der Waals surface area (Å²) in [6, 6.07) is 17.8. The van der Waals surface area contributed by atoms with Crippen molar-refractivity contribution in [3.05, 3.63) is 124 Å². The molecule has 0 unspecified atom stereocenters. The topological polar surface area (TPSA) is 131 Å². The minimum atomic E-state index is -0.861. The second-order valence-corrected chi connectivity index (χ2v) is 11.3. The molecule has 0 bridgehead atoms. The van der Waals surface area contributed by atoms with Crippen molar-refractivity contribution in [2.24, 2.45) is 4.99 Å². The van der Waals surface area contributed by atoms with Gasteiger partial charge in [-0.25, -0.2) is 9.79 Å². The van der Waals surface area contributed by atoms with E-state index in [1.54, 1.807) is 62.6 Å². The number of fused-ring (bicyclic) bond motifs is 1. The summed E-state index contributed by atoms with van der Waals surface area (Å²) in [4.78, 5) is 43.4. The summed E-state index contributed by atoms with van der Waals surface area (Å²) >= 11 is 1.23. The van der Waals surface area contributed by atoms with Gasteiger partial charge < -0.3 is 18.9 Å². The van der Waals surface area contributed by atoms with Crippen molar-refractivity contribution in [1.29, 1.82) is 0 Å². The van der Waals surface area contributed by atoms with Gasteiger partial charge in [0.15, 0.2) is 4.80 Å². The van der Waals surface area contributed by atoms with Crippen molar-refractivity contribution in [3.63, 3.8) is 0 Å². The fourth-order valence-electron chi connectivity index (χ4n) is 5.19. The standard InChI is InChI=1S/C34H33N3O8S/c1-5-8-27-30(33(39)44-6-2)31(26-19-24(42-3)15-16-28(26)43-4)36-32(38)29(46-34(36)35-27)18-22-9-7-10-25(17-22)45-20-21-11-13-23(14-12-21)37(40)41/h7,9-19,31H,5-6,8,20H2,1-4H3/b29-18-/t31-/m0/s1. The zero-order valence-corrected chi connectivity index (χ0v) is 26.7. The van der Waals surface area contributed by atoms with E-state index in [9.17, 15) is 19.7 Å². The highest BCUT2D eigenvalue weighted by molar-refractivity contribution is 7.07. The van der Waals surface area contributed by atoms with Crippen LogP contribution in [0.2, 0.25) is 0 Å². The largest absolute Gasteiger partial charge is 0.497 e. The summed E-state index contributed by atoms with van der Waals surface area (Å²) in [5.41, 5.74) is 2.60. The molecular weight excluding hydrogens is 610 g/mol. The molecule has 0 saturated carbocycles. The van der Waals surface area contributed by atoms with E-state index in [4.69, 9.17) is 23.9 Å². The van der Waals surface area contributed by atoms with Gasteiger partial charge in [0.2, 0.25) is 0 Å². The number of nitro benzene ring substituents is 1. The molecule has 0 saturated heterocycles.